The molecule has 1 aliphatic rings. The molecule has 0 saturated heterocycles. The number of aromatic amines is 1. The summed E-state index contributed by atoms with van der Waals surface area (Å²) in [4.78, 5) is 9.23. The van der Waals surface area contributed by atoms with Gasteiger partial charge in [0.05, 0.1) is 36.1 Å². The predicted octanol–water partition coefficient (Wildman–Crippen LogP) is 3.41. The van der Waals surface area contributed by atoms with Gasteiger partial charge in [0.2, 0.25) is 0 Å². The van der Waals surface area contributed by atoms with Crippen LogP contribution >= 0.6 is 11.5 Å². The molecule has 1 saturated carbocycles. The van der Waals surface area contributed by atoms with Crippen molar-refractivity contribution in [3.8, 4) is 11.3 Å². The summed E-state index contributed by atoms with van der Waals surface area (Å²) in [6, 6.07) is 2.03. The summed E-state index contributed by atoms with van der Waals surface area (Å²) in [5.74, 6) is 0.692. The highest BCUT2D eigenvalue weighted by Gasteiger charge is 2.30. The summed E-state index contributed by atoms with van der Waals surface area (Å²) in [5, 5.41) is 24.6. The van der Waals surface area contributed by atoms with Gasteiger partial charge in [-0.25, -0.2) is 9.97 Å². The number of aromatic nitrogens is 6. The minimum absolute atomic E-state index is 0.168. The van der Waals surface area contributed by atoms with Crippen molar-refractivity contribution in [2.75, 3.05) is 11.9 Å². The Balaban J connectivity index is 1.34. The first kappa shape index (κ1) is 20.1. The average Bonchev–Trinajstić information content (AvgIpc) is 3.54. The zero-order chi connectivity index (χ0) is 21.3. The molecule has 0 unspecified atom stereocenters. The molecule has 4 heterocycles. The third kappa shape index (κ3) is 4.06. The lowest BCUT2D eigenvalue weighted by Crippen LogP contribution is -2.49. The molecule has 0 radical (unpaired) electrons. The van der Waals surface area contributed by atoms with Gasteiger partial charge < -0.3 is 15.7 Å². The monoisotopic (exact) mass is 438 g/mol. The third-order valence-electron chi connectivity index (χ3n) is 5.97. The summed E-state index contributed by atoms with van der Waals surface area (Å²) < 4.78 is 6.60. The van der Waals surface area contributed by atoms with Crippen molar-refractivity contribution >= 4 is 28.0 Å². The van der Waals surface area contributed by atoms with Crippen molar-refractivity contribution in [3.63, 3.8) is 0 Å². The van der Waals surface area contributed by atoms with Crippen molar-refractivity contribution in [1.29, 1.82) is 0 Å². The summed E-state index contributed by atoms with van der Waals surface area (Å²) in [6.45, 7) is 2.78. The van der Waals surface area contributed by atoms with Gasteiger partial charge in [-0.2, -0.15) is 9.47 Å². The molecule has 0 bridgehead atoms. The van der Waals surface area contributed by atoms with Crippen molar-refractivity contribution in [1.82, 2.24) is 34.3 Å². The van der Waals surface area contributed by atoms with E-state index in [1.165, 1.54) is 18.0 Å². The minimum Gasteiger partial charge on any atom is -0.394 e. The van der Waals surface area contributed by atoms with Crippen LogP contribution in [0.5, 0.6) is 0 Å². The molecule has 9 nitrogen and oxygen atoms in total. The largest absolute Gasteiger partial charge is 0.394 e. The second kappa shape index (κ2) is 8.37. The first-order valence-electron chi connectivity index (χ1n) is 10.6. The summed E-state index contributed by atoms with van der Waals surface area (Å²) >= 11 is 1.40. The van der Waals surface area contributed by atoms with Crippen molar-refractivity contribution in [3.05, 3.63) is 42.2 Å². The fourth-order valence-corrected chi connectivity index (χ4v) is 4.93. The maximum atomic E-state index is 9.90. The quantitative estimate of drug-likeness (QED) is 0.349. The van der Waals surface area contributed by atoms with Crippen LogP contribution < -0.4 is 10.6 Å². The number of anilines is 2. The highest BCUT2D eigenvalue weighted by Crippen LogP contribution is 2.30. The summed E-state index contributed by atoms with van der Waals surface area (Å²) in [5.41, 5.74) is 4.34. The Morgan fingerprint density at radius 3 is 2.90 bits per heavy atom. The van der Waals surface area contributed by atoms with Crippen LogP contribution in [-0.4, -0.2) is 46.2 Å². The molecule has 0 aromatic carbocycles. The Morgan fingerprint density at radius 2 is 2.13 bits per heavy atom. The lowest BCUT2D eigenvalue weighted by molar-refractivity contribution is 0.119. The van der Waals surface area contributed by atoms with E-state index in [-0.39, 0.29) is 12.1 Å². The molecule has 0 amide bonds. The number of nitrogens with one attached hydrogen (secondary N) is 3. The smallest absolute Gasteiger partial charge is 0.180 e. The van der Waals surface area contributed by atoms with E-state index in [4.69, 9.17) is 0 Å². The third-order valence-corrected chi connectivity index (χ3v) is 6.71. The Hall–Kier alpha value is -2.82. The Bertz CT molecular complexity index is 1160. The van der Waals surface area contributed by atoms with Crippen LogP contribution in [0, 0.1) is 6.92 Å². The van der Waals surface area contributed by atoms with Gasteiger partial charge in [0.15, 0.2) is 11.5 Å². The maximum absolute atomic E-state index is 9.90. The SMILES string of the molecule is Cc1cn2c(-c3cn[nH]c3)cnc2c(Nc2cc(CNC3(CO)CCCCC3)ns2)n1. The van der Waals surface area contributed by atoms with E-state index in [0.717, 1.165) is 59.0 Å². The second-order valence-electron chi connectivity index (χ2n) is 8.22. The van der Waals surface area contributed by atoms with Crippen molar-refractivity contribution < 1.29 is 5.11 Å². The van der Waals surface area contributed by atoms with Crippen LogP contribution in [0.1, 0.15) is 43.5 Å². The normalized spacial score (nSPS) is 16.1. The number of imidazole rings is 1. The van der Waals surface area contributed by atoms with Crippen LogP contribution in [0.3, 0.4) is 0 Å². The number of hydrogen-bond donors (Lipinski definition) is 4. The van der Waals surface area contributed by atoms with Crippen LogP contribution in [0.25, 0.3) is 16.9 Å². The first-order valence-corrected chi connectivity index (χ1v) is 11.4. The van der Waals surface area contributed by atoms with E-state index in [1.807, 2.05) is 36.0 Å². The van der Waals surface area contributed by atoms with E-state index in [9.17, 15) is 5.11 Å². The van der Waals surface area contributed by atoms with Gasteiger partial charge in [-0.1, -0.05) is 19.3 Å². The molecule has 162 valence electrons. The van der Waals surface area contributed by atoms with Gasteiger partial charge in [-0.3, -0.25) is 9.50 Å². The second-order valence-corrected chi connectivity index (χ2v) is 9.02. The molecule has 4 N–H and O–H groups in total. The predicted molar refractivity (Wildman–Crippen MR) is 120 cm³/mol. The topological polar surface area (TPSA) is 116 Å². The summed E-state index contributed by atoms with van der Waals surface area (Å²) in [7, 11) is 0. The highest BCUT2D eigenvalue weighted by molar-refractivity contribution is 7.10. The van der Waals surface area contributed by atoms with E-state index < -0.39 is 0 Å². The zero-order valence-corrected chi connectivity index (χ0v) is 18.2. The maximum Gasteiger partial charge on any atom is 0.180 e. The van der Waals surface area contributed by atoms with Gasteiger partial charge in [0.1, 0.15) is 5.00 Å². The number of fused-ring (bicyclic) bond motifs is 1. The molecule has 4 aromatic rings. The zero-order valence-electron chi connectivity index (χ0n) is 17.4. The number of rotatable bonds is 7. The molecule has 0 spiro atoms. The molecule has 1 aliphatic carbocycles. The van der Waals surface area contributed by atoms with Gasteiger partial charge >= 0.3 is 0 Å². The number of aryl methyl sites for hydroxylation is 1. The number of nitrogens with zero attached hydrogens (tertiary/aromatic N) is 5. The molecule has 4 aromatic heterocycles. The fourth-order valence-electron chi connectivity index (χ4n) is 4.27. The number of H-pyrrole nitrogens is 1. The number of aliphatic hydroxyl groups excluding tert-OH is 1. The molecule has 10 heteroatoms. The van der Waals surface area contributed by atoms with E-state index in [1.54, 1.807) is 6.20 Å². The van der Waals surface area contributed by atoms with Crippen LogP contribution in [-0.2, 0) is 6.54 Å². The van der Waals surface area contributed by atoms with Crippen molar-refractivity contribution in [2.24, 2.45) is 0 Å². The Labute approximate surface area is 184 Å². The Kier molecular flexibility index (Phi) is 5.43. The van der Waals surface area contributed by atoms with Crippen molar-refractivity contribution in [2.45, 2.75) is 51.1 Å². The molecule has 1 fully saturated rings. The Morgan fingerprint density at radius 1 is 1.26 bits per heavy atom. The summed E-state index contributed by atoms with van der Waals surface area (Å²) in [6.07, 6.45) is 13.0. The fraction of sp³-hybridized carbons (Fsp3) is 0.429. The lowest BCUT2D eigenvalue weighted by Gasteiger charge is -2.36. The number of hydrogen-bond acceptors (Lipinski definition) is 8. The van der Waals surface area contributed by atoms with Crippen LogP contribution in [0.15, 0.2) is 30.9 Å². The lowest BCUT2D eigenvalue weighted by atomic mass is 9.82. The van der Waals surface area contributed by atoms with E-state index in [2.05, 4.69) is 35.2 Å². The van der Waals surface area contributed by atoms with Gasteiger partial charge in [0.25, 0.3) is 0 Å². The van der Waals surface area contributed by atoms with Gasteiger partial charge in [0, 0.05) is 30.0 Å². The van der Waals surface area contributed by atoms with E-state index in [0.29, 0.717) is 12.4 Å². The van der Waals surface area contributed by atoms with Gasteiger partial charge in [-0.15, -0.1) is 0 Å². The highest BCUT2D eigenvalue weighted by atomic mass is 32.1. The standard InChI is InChI=1S/C21H26N8OS/c1-14-12-29-17(15-8-24-25-9-15)11-22-20(29)19(26-14)27-18-7-16(28-31-18)10-23-21(13-30)5-3-2-4-6-21/h7-9,11-12,23,30H,2-6,10,13H2,1H3,(H,24,25)(H,26,27). The number of aliphatic hydroxyl groups is 1. The molecule has 0 atom stereocenters. The molecule has 31 heavy (non-hydrogen) atoms. The molecular formula is C21H26N8OS. The first-order chi connectivity index (χ1) is 15.2. The minimum atomic E-state index is -0.168. The molecule has 0 aliphatic heterocycles. The van der Waals surface area contributed by atoms with Crippen LogP contribution in [0.4, 0.5) is 10.8 Å². The van der Waals surface area contributed by atoms with Crippen LogP contribution in [0.2, 0.25) is 0 Å². The van der Waals surface area contributed by atoms with E-state index >= 15 is 0 Å². The van der Waals surface area contributed by atoms with Gasteiger partial charge in [-0.05, 0) is 37.4 Å². The molecule has 5 rings (SSSR count). The molecular weight excluding hydrogens is 412 g/mol. The average molecular weight is 439 g/mol.